The van der Waals surface area contributed by atoms with Gasteiger partial charge in [-0.25, -0.2) is 0 Å². The molecular weight excluding hydrogens is 374 g/mol. The second kappa shape index (κ2) is 8.52. The smallest absolute Gasteiger partial charge is 0.256 e. The molecule has 1 fully saturated rings. The molecule has 0 amide bonds. The third kappa shape index (κ3) is 4.08. The molecule has 0 aliphatic carbocycles. The minimum atomic E-state index is -0.238. The summed E-state index contributed by atoms with van der Waals surface area (Å²) in [6.45, 7) is 9.03. The molecule has 5 nitrogen and oxygen atoms in total. The van der Waals surface area contributed by atoms with Crippen LogP contribution in [0.25, 0.3) is 10.9 Å². The quantitative estimate of drug-likeness (QED) is 0.668. The van der Waals surface area contributed by atoms with Crippen molar-refractivity contribution >= 4 is 22.3 Å². The van der Waals surface area contributed by atoms with Crippen molar-refractivity contribution in [3.63, 3.8) is 0 Å². The second-order valence-electron chi connectivity index (χ2n) is 8.36. The SMILES string of the molecule is CCn1c(=O)c(CNc2ccc(N3CCC[C@H](O)C3)cc2)cc2cc(C)c(C)cc21. The van der Waals surface area contributed by atoms with Crippen LogP contribution in [-0.4, -0.2) is 28.9 Å². The predicted octanol–water partition coefficient (Wildman–Crippen LogP) is 4.21. The van der Waals surface area contributed by atoms with Crippen LogP contribution in [0, 0.1) is 13.8 Å². The van der Waals surface area contributed by atoms with Crippen molar-refractivity contribution in [2.45, 2.75) is 52.8 Å². The van der Waals surface area contributed by atoms with E-state index in [1.807, 2.05) is 29.7 Å². The lowest BCUT2D eigenvalue weighted by molar-refractivity contribution is 0.154. The predicted molar refractivity (Wildman–Crippen MR) is 125 cm³/mol. The first kappa shape index (κ1) is 20.5. The van der Waals surface area contributed by atoms with Crippen LogP contribution in [0.1, 0.15) is 36.5 Å². The van der Waals surface area contributed by atoms with Crippen LogP contribution in [0.2, 0.25) is 0 Å². The highest BCUT2D eigenvalue weighted by molar-refractivity contribution is 5.81. The lowest BCUT2D eigenvalue weighted by Crippen LogP contribution is -2.38. The van der Waals surface area contributed by atoms with Crippen LogP contribution < -0.4 is 15.8 Å². The molecule has 0 spiro atoms. The molecule has 1 aromatic heterocycles. The molecule has 4 rings (SSSR count). The van der Waals surface area contributed by atoms with Gasteiger partial charge in [0, 0.05) is 43.1 Å². The highest BCUT2D eigenvalue weighted by Gasteiger charge is 2.17. The summed E-state index contributed by atoms with van der Waals surface area (Å²) in [7, 11) is 0. The Bertz CT molecular complexity index is 1100. The Morgan fingerprint density at radius 2 is 1.83 bits per heavy atom. The van der Waals surface area contributed by atoms with Gasteiger partial charge in [0.15, 0.2) is 0 Å². The number of pyridine rings is 1. The average molecular weight is 406 g/mol. The fourth-order valence-corrected chi connectivity index (χ4v) is 4.32. The number of hydrogen-bond acceptors (Lipinski definition) is 4. The number of β-amino-alcohol motifs (C(OH)–C–C–N with tert-alkyl or cyclic N) is 1. The maximum absolute atomic E-state index is 13.0. The summed E-state index contributed by atoms with van der Waals surface area (Å²) < 4.78 is 1.86. The second-order valence-corrected chi connectivity index (χ2v) is 8.36. The van der Waals surface area contributed by atoms with E-state index in [1.54, 1.807) is 0 Å². The molecule has 1 atom stereocenters. The number of aliphatic hydroxyl groups is 1. The Kier molecular flexibility index (Phi) is 5.82. The van der Waals surface area contributed by atoms with Crippen molar-refractivity contribution in [1.82, 2.24) is 4.57 Å². The fraction of sp³-hybridized carbons (Fsp3) is 0.400. The van der Waals surface area contributed by atoms with Crippen LogP contribution >= 0.6 is 0 Å². The van der Waals surface area contributed by atoms with Gasteiger partial charge in [-0.2, -0.15) is 0 Å². The molecule has 0 radical (unpaired) electrons. The lowest BCUT2D eigenvalue weighted by atomic mass is 10.0. The summed E-state index contributed by atoms with van der Waals surface area (Å²) in [5.41, 5.74) is 6.40. The van der Waals surface area contributed by atoms with Gasteiger partial charge in [-0.3, -0.25) is 4.79 Å². The van der Waals surface area contributed by atoms with E-state index < -0.39 is 0 Å². The first-order valence-corrected chi connectivity index (χ1v) is 10.9. The third-order valence-corrected chi connectivity index (χ3v) is 6.21. The zero-order valence-electron chi connectivity index (χ0n) is 18.1. The number of hydrogen-bond donors (Lipinski definition) is 2. The molecule has 3 aromatic rings. The van der Waals surface area contributed by atoms with Gasteiger partial charge >= 0.3 is 0 Å². The van der Waals surface area contributed by atoms with Gasteiger partial charge in [0.2, 0.25) is 0 Å². The molecule has 158 valence electrons. The molecular formula is C25H31N3O2. The number of aliphatic hydroxyl groups excluding tert-OH is 1. The summed E-state index contributed by atoms with van der Waals surface area (Å²) in [6.07, 6.45) is 1.67. The van der Waals surface area contributed by atoms with Crippen LogP contribution in [0.5, 0.6) is 0 Å². The number of aromatic nitrogens is 1. The van der Waals surface area contributed by atoms with Crippen molar-refractivity contribution in [3.8, 4) is 0 Å². The molecule has 5 heteroatoms. The van der Waals surface area contributed by atoms with Crippen molar-refractivity contribution in [3.05, 3.63) is 69.5 Å². The largest absolute Gasteiger partial charge is 0.391 e. The fourth-order valence-electron chi connectivity index (χ4n) is 4.32. The summed E-state index contributed by atoms with van der Waals surface area (Å²) in [5.74, 6) is 0. The topological polar surface area (TPSA) is 57.5 Å². The lowest BCUT2D eigenvalue weighted by Gasteiger charge is -2.32. The molecule has 30 heavy (non-hydrogen) atoms. The van der Waals surface area contributed by atoms with Gasteiger partial charge in [-0.1, -0.05) is 0 Å². The van der Waals surface area contributed by atoms with Crippen molar-refractivity contribution in [1.29, 1.82) is 0 Å². The summed E-state index contributed by atoms with van der Waals surface area (Å²) in [5, 5.41) is 14.4. The minimum Gasteiger partial charge on any atom is -0.391 e. The number of rotatable bonds is 5. The number of nitrogens with zero attached hydrogens (tertiary/aromatic N) is 2. The van der Waals surface area contributed by atoms with E-state index in [-0.39, 0.29) is 11.7 Å². The van der Waals surface area contributed by atoms with Gasteiger partial charge in [-0.15, -0.1) is 0 Å². The molecule has 0 saturated carbocycles. The number of anilines is 2. The van der Waals surface area contributed by atoms with Crippen LogP contribution in [0.3, 0.4) is 0 Å². The van der Waals surface area contributed by atoms with E-state index >= 15 is 0 Å². The first-order chi connectivity index (χ1) is 14.5. The van der Waals surface area contributed by atoms with Gasteiger partial charge < -0.3 is 19.9 Å². The van der Waals surface area contributed by atoms with Crippen LogP contribution in [0.15, 0.2) is 47.3 Å². The summed E-state index contributed by atoms with van der Waals surface area (Å²) >= 11 is 0. The number of benzene rings is 2. The van der Waals surface area contributed by atoms with Gasteiger partial charge in [-0.05, 0) is 92.6 Å². The van der Waals surface area contributed by atoms with Gasteiger partial charge in [0.25, 0.3) is 5.56 Å². The average Bonchev–Trinajstić information content (AvgIpc) is 2.74. The Morgan fingerprint density at radius 1 is 1.10 bits per heavy atom. The highest BCUT2D eigenvalue weighted by atomic mass is 16.3. The Morgan fingerprint density at radius 3 is 2.53 bits per heavy atom. The Balaban J connectivity index is 1.54. The van der Waals surface area contributed by atoms with Gasteiger partial charge in [0.05, 0.1) is 11.6 Å². The molecule has 1 saturated heterocycles. The zero-order valence-corrected chi connectivity index (χ0v) is 18.1. The molecule has 0 bridgehead atoms. The number of aryl methyl sites for hydroxylation is 3. The molecule has 2 heterocycles. The van der Waals surface area contributed by atoms with E-state index in [1.165, 1.54) is 11.1 Å². The minimum absolute atomic E-state index is 0.0691. The monoisotopic (exact) mass is 405 g/mol. The number of fused-ring (bicyclic) bond motifs is 1. The van der Waals surface area contributed by atoms with Crippen LogP contribution in [-0.2, 0) is 13.1 Å². The molecule has 0 unspecified atom stereocenters. The van der Waals surface area contributed by atoms with Crippen molar-refractivity contribution < 1.29 is 5.11 Å². The van der Waals surface area contributed by atoms with Crippen molar-refractivity contribution in [2.75, 3.05) is 23.3 Å². The molecule has 1 aliphatic heterocycles. The first-order valence-electron chi connectivity index (χ1n) is 10.9. The highest BCUT2D eigenvalue weighted by Crippen LogP contribution is 2.23. The molecule has 2 aromatic carbocycles. The number of nitrogens with one attached hydrogen (secondary N) is 1. The normalized spacial score (nSPS) is 16.8. The van der Waals surface area contributed by atoms with E-state index in [4.69, 9.17) is 0 Å². The van der Waals surface area contributed by atoms with E-state index in [0.717, 1.165) is 47.2 Å². The molecule has 1 aliphatic rings. The maximum Gasteiger partial charge on any atom is 0.256 e. The Labute approximate surface area is 178 Å². The van der Waals surface area contributed by atoms with Crippen molar-refractivity contribution in [2.24, 2.45) is 0 Å². The zero-order chi connectivity index (χ0) is 21.3. The van der Waals surface area contributed by atoms with E-state index in [0.29, 0.717) is 19.6 Å². The van der Waals surface area contributed by atoms with Gasteiger partial charge in [0.1, 0.15) is 0 Å². The maximum atomic E-state index is 13.0. The summed E-state index contributed by atoms with van der Waals surface area (Å²) in [4.78, 5) is 15.2. The third-order valence-electron chi connectivity index (χ3n) is 6.21. The Hall–Kier alpha value is -2.79. The molecule has 2 N–H and O–H groups in total. The van der Waals surface area contributed by atoms with E-state index in [2.05, 4.69) is 48.3 Å². The van der Waals surface area contributed by atoms with Crippen LogP contribution in [0.4, 0.5) is 11.4 Å². The van der Waals surface area contributed by atoms with E-state index in [9.17, 15) is 9.90 Å². The summed E-state index contributed by atoms with van der Waals surface area (Å²) in [6, 6.07) is 14.6. The standard InChI is InChI=1S/C25H31N3O2/c1-4-28-24-13-18(3)17(2)12-19(24)14-20(25(28)30)15-26-21-7-9-22(10-8-21)27-11-5-6-23(29)16-27/h7-10,12-14,23,26,29H,4-6,11,15-16H2,1-3H3/t23-/m0/s1. The number of piperidine rings is 1.